The lowest BCUT2D eigenvalue weighted by molar-refractivity contribution is -0.186. The van der Waals surface area contributed by atoms with Crippen molar-refractivity contribution in [2.45, 2.75) is 25.4 Å². The van der Waals surface area contributed by atoms with Crippen LogP contribution in [-0.4, -0.2) is 27.5 Å². The molecule has 2 aromatic rings. The molecule has 5 nitrogen and oxygen atoms in total. The van der Waals surface area contributed by atoms with E-state index in [-0.39, 0.29) is 6.10 Å². The number of nitrogens with zero attached hydrogens (tertiary/aromatic N) is 3. The molecular weight excluding hydrogens is 266 g/mol. The number of aromatic nitrogens is 3. The fraction of sp³-hybridized carbons (Fsp3) is 0.385. The van der Waals surface area contributed by atoms with Crippen LogP contribution >= 0.6 is 11.6 Å². The Balaban J connectivity index is 2.00. The topological polar surface area (TPSA) is 49.2 Å². The van der Waals surface area contributed by atoms with Crippen molar-refractivity contribution in [2.75, 3.05) is 6.61 Å². The molecule has 100 valence electrons. The SMILES string of the molecule is CC1COC(Cn2cncn2)(c2ccccc2Cl)O1. The maximum absolute atomic E-state index is 6.28. The minimum Gasteiger partial charge on any atom is -0.342 e. The molecule has 0 N–H and O–H groups in total. The van der Waals surface area contributed by atoms with E-state index in [0.29, 0.717) is 18.2 Å². The van der Waals surface area contributed by atoms with E-state index in [1.54, 1.807) is 11.0 Å². The summed E-state index contributed by atoms with van der Waals surface area (Å²) >= 11 is 6.28. The Morgan fingerprint density at radius 3 is 2.95 bits per heavy atom. The van der Waals surface area contributed by atoms with Gasteiger partial charge in [-0.15, -0.1) is 0 Å². The lowest BCUT2D eigenvalue weighted by Crippen LogP contribution is -2.34. The van der Waals surface area contributed by atoms with Crippen LogP contribution in [0, 0.1) is 0 Å². The Morgan fingerprint density at radius 1 is 1.47 bits per heavy atom. The van der Waals surface area contributed by atoms with E-state index in [0.717, 1.165) is 5.56 Å². The number of ether oxygens (including phenoxy) is 2. The van der Waals surface area contributed by atoms with Crippen LogP contribution in [0.5, 0.6) is 0 Å². The fourth-order valence-electron chi connectivity index (χ4n) is 2.25. The summed E-state index contributed by atoms with van der Waals surface area (Å²) in [5.41, 5.74) is 0.816. The molecule has 0 spiro atoms. The zero-order valence-electron chi connectivity index (χ0n) is 10.5. The maximum atomic E-state index is 6.28. The van der Waals surface area contributed by atoms with Gasteiger partial charge in [0.15, 0.2) is 0 Å². The molecular formula is C13H14ClN3O2. The average Bonchev–Trinajstić information content (AvgIpc) is 3.01. The number of rotatable bonds is 3. The Kier molecular flexibility index (Phi) is 3.26. The first-order valence-electron chi connectivity index (χ1n) is 6.09. The normalized spacial score (nSPS) is 26.7. The molecule has 3 rings (SSSR count). The zero-order chi connectivity index (χ0) is 13.3. The molecule has 2 atom stereocenters. The molecule has 19 heavy (non-hydrogen) atoms. The highest BCUT2D eigenvalue weighted by Crippen LogP contribution is 2.39. The Morgan fingerprint density at radius 2 is 2.32 bits per heavy atom. The lowest BCUT2D eigenvalue weighted by atomic mass is 10.1. The molecule has 2 unspecified atom stereocenters. The molecule has 1 aliphatic rings. The first kappa shape index (κ1) is 12.6. The number of hydrogen-bond donors (Lipinski definition) is 0. The monoisotopic (exact) mass is 279 g/mol. The number of hydrogen-bond acceptors (Lipinski definition) is 4. The lowest BCUT2D eigenvalue weighted by Gasteiger charge is -2.28. The van der Waals surface area contributed by atoms with Gasteiger partial charge in [0.25, 0.3) is 0 Å². The number of benzene rings is 1. The van der Waals surface area contributed by atoms with E-state index < -0.39 is 5.79 Å². The van der Waals surface area contributed by atoms with E-state index in [4.69, 9.17) is 21.1 Å². The Hall–Kier alpha value is -1.43. The van der Waals surface area contributed by atoms with Crippen molar-refractivity contribution in [3.8, 4) is 0 Å². The molecule has 1 aromatic carbocycles. The smallest absolute Gasteiger partial charge is 0.217 e. The predicted molar refractivity (Wildman–Crippen MR) is 69.7 cm³/mol. The molecule has 6 heteroatoms. The van der Waals surface area contributed by atoms with Gasteiger partial charge in [0, 0.05) is 10.6 Å². The summed E-state index contributed by atoms with van der Waals surface area (Å²) in [5.74, 6) is -0.897. The summed E-state index contributed by atoms with van der Waals surface area (Å²) in [6.07, 6.45) is 3.13. The van der Waals surface area contributed by atoms with Crippen molar-refractivity contribution >= 4 is 11.6 Å². The van der Waals surface area contributed by atoms with Crippen molar-refractivity contribution in [1.29, 1.82) is 0 Å². The summed E-state index contributed by atoms with van der Waals surface area (Å²) in [5, 5.41) is 4.73. The predicted octanol–water partition coefficient (Wildman–Crippen LogP) is 2.22. The van der Waals surface area contributed by atoms with E-state index in [1.165, 1.54) is 6.33 Å². The van der Waals surface area contributed by atoms with Crippen LogP contribution in [0.15, 0.2) is 36.9 Å². The standard InChI is InChI=1S/C13H14ClN3O2/c1-10-6-18-13(19-10,7-17-9-15-8-16-17)11-4-2-3-5-12(11)14/h2-5,8-10H,6-7H2,1H3. The van der Waals surface area contributed by atoms with E-state index >= 15 is 0 Å². The van der Waals surface area contributed by atoms with Crippen LogP contribution in [0.4, 0.5) is 0 Å². The summed E-state index contributed by atoms with van der Waals surface area (Å²) in [6.45, 7) is 2.92. The van der Waals surface area contributed by atoms with Gasteiger partial charge in [0.1, 0.15) is 19.2 Å². The molecule has 1 fully saturated rings. The third kappa shape index (κ3) is 2.36. The van der Waals surface area contributed by atoms with Gasteiger partial charge in [0.05, 0.1) is 12.7 Å². The van der Waals surface area contributed by atoms with Gasteiger partial charge < -0.3 is 9.47 Å². The van der Waals surface area contributed by atoms with Gasteiger partial charge in [0.2, 0.25) is 5.79 Å². The van der Waals surface area contributed by atoms with Crippen LogP contribution in [0.25, 0.3) is 0 Å². The Bertz CT molecular complexity index is 561. The highest BCUT2D eigenvalue weighted by atomic mass is 35.5. The van der Waals surface area contributed by atoms with Gasteiger partial charge in [-0.25, -0.2) is 9.67 Å². The first-order chi connectivity index (χ1) is 9.20. The van der Waals surface area contributed by atoms with Gasteiger partial charge in [-0.2, -0.15) is 5.10 Å². The second-order valence-electron chi connectivity index (χ2n) is 4.57. The molecule has 1 aromatic heterocycles. The third-order valence-corrected chi connectivity index (χ3v) is 3.39. The molecule has 0 saturated carbocycles. The summed E-state index contributed by atoms with van der Waals surface area (Å²) < 4.78 is 13.6. The average molecular weight is 280 g/mol. The van der Waals surface area contributed by atoms with Gasteiger partial charge in [-0.1, -0.05) is 29.8 Å². The summed E-state index contributed by atoms with van der Waals surface area (Å²) in [4.78, 5) is 3.94. The molecule has 2 heterocycles. The third-order valence-electron chi connectivity index (χ3n) is 3.06. The summed E-state index contributed by atoms with van der Waals surface area (Å²) in [6, 6.07) is 7.54. The van der Waals surface area contributed by atoms with Crippen molar-refractivity contribution < 1.29 is 9.47 Å². The number of halogens is 1. The second-order valence-corrected chi connectivity index (χ2v) is 4.97. The van der Waals surface area contributed by atoms with Crippen LogP contribution < -0.4 is 0 Å². The van der Waals surface area contributed by atoms with Crippen LogP contribution in [0.3, 0.4) is 0 Å². The largest absolute Gasteiger partial charge is 0.342 e. The Labute approximate surface area is 116 Å². The van der Waals surface area contributed by atoms with Crippen LogP contribution in [0.1, 0.15) is 12.5 Å². The van der Waals surface area contributed by atoms with Crippen molar-refractivity contribution in [3.05, 3.63) is 47.5 Å². The zero-order valence-corrected chi connectivity index (χ0v) is 11.2. The van der Waals surface area contributed by atoms with E-state index in [1.807, 2.05) is 31.2 Å². The minimum absolute atomic E-state index is 0.0137. The maximum Gasteiger partial charge on any atom is 0.217 e. The quantitative estimate of drug-likeness (QED) is 0.864. The minimum atomic E-state index is -0.897. The van der Waals surface area contributed by atoms with E-state index in [9.17, 15) is 0 Å². The van der Waals surface area contributed by atoms with Crippen LogP contribution in [-0.2, 0) is 21.8 Å². The van der Waals surface area contributed by atoms with Crippen molar-refractivity contribution in [2.24, 2.45) is 0 Å². The first-order valence-corrected chi connectivity index (χ1v) is 6.47. The molecule has 0 bridgehead atoms. The highest BCUT2D eigenvalue weighted by Gasteiger charge is 2.43. The molecule has 1 saturated heterocycles. The van der Waals surface area contributed by atoms with Crippen molar-refractivity contribution in [1.82, 2.24) is 14.8 Å². The van der Waals surface area contributed by atoms with E-state index in [2.05, 4.69) is 10.1 Å². The summed E-state index contributed by atoms with van der Waals surface area (Å²) in [7, 11) is 0. The molecule has 0 radical (unpaired) electrons. The van der Waals surface area contributed by atoms with Gasteiger partial charge in [-0.3, -0.25) is 0 Å². The van der Waals surface area contributed by atoms with Gasteiger partial charge in [-0.05, 0) is 13.0 Å². The van der Waals surface area contributed by atoms with Crippen molar-refractivity contribution in [3.63, 3.8) is 0 Å². The second kappa shape index (κ2) is 4.92. The van der Waals surface area contributed by atoms with Gasteiger partial charge >= 0.3 is 0 Å². The molecule has 1 aliphatic heterocycles. The fourth-order valence-corrected chi connectivity index (χ4v) is 2.53. The highest BCUT2D eigenvalue weighted by molar-refractivity contribution is 6.31. The molecule has 0 amide bonds. The van der Waals surface area contributed by atoms with Crippen LogP contribution in [0.2, 0.25) is 5.02 Å². The molecule has 0 aliphatic carbocycles.